The lowest BCUT2D eigenvalue weighted by molar-refractivity contribution is 0.600. The third-order valence-electron chi connectivity index (χ3n) is 3.55. The number of nitrogens with one attached hydrogen (secondary N) is 1. The molecular weight excluding hydrogens is 214 g/mol. The maximum Gasteiger partial charge on any atom is 0.177 e. The Morgan fingerprint density at radius 2 is 2.35 bits per heavy atom. The van der Waals surface area contributed by atoms with Gasteiger partial charge >= 0.3 is 0 Å². The lowest BCUT2D eigenvalue weighted by Crippen LogP contribution is -2.16. The van der Waals surface area contributed by atoms with Gasteiger partial charge in [-0.3, -0.25) is 4.98 Å². The van der Waals surface area contributed by atoms with Crippen molar-refractivity contribution in [1.29, 1.82) is 0 Å². The van der Waals surface area contributed by atoms with Gasteiger partial charge in [-0.15, -0.1) is 0 Å². The molecule has 17 heavy (non-hydrogen) atoms. The van der Waals surface area contributed by atoms with Crippen LogP contribution in [-0.4, -0.2) is 11.0 Å². The lowest BCUT2D eigenvalue weighted by atomic mass is 10.1. The zero-order valence-electron chi connectivity index (χ0n) is 9.94. The van der Waals surface area contributed by atoms with E-state index < -0.39 is 0 Å². The molecule has 3 rings (SSSR count). The van der Waals surface area contributed by atoms with Crippen LogP contribution >= 0.6 is 0 Å². The Kier molecular flexibility index (Phi) is 2.42. The first-order valence-electron chi connectivity index (χ1n) is 6.12. The molecule has 0 radical (unpaired) electrons. The van der Waals surface area contributed by atoms with Crippen molar-refractivity contribution in [1.82, 2.24) is 4.98 Å². The quantitative estimate of drug-likeness (QED) is 0.833. The summed E-state index contributed by atoms with van der Waals surface area (Å²) < 4.78 is 5.46. The number of nitrogen functional groups attached to an aromatic ring is 1. The topological polar surface area (TPSA) is 64.1 Å². The van der Waals surface area contributed by atoms with Crippen LogP contribution in [0.25, 0.3) is 11.1 Å². The summed E-state index contributed by atoms with van der Waals surface area (Å²) in [5.74, 6) is 0.794. The van der Waals surface area contributed by atoms with Crippen LogP contribution in [0.4, 0.5) is 11.4 Å². The first kappa shape index (κ1) is 10.4. The summed E-state index contributed by atoms with van der Waals surface area (Å²) in [4.78, 5) is 4.23. The van der Waals surface area contributed by atoms with Crippen LogP contribution in [-0.2, 0) is 0 Å². The van der Waals surface area contributed by atoms with Gasteiger partial charge in [0.2, 0.25) is 0 Å². The number of hydrogen-bond donors (Lipinski definition) is 2. The van der Waals surface area contributed by atoms with Gasteiger partial charge in [-0.05, 0) is 25.2 Å². The van der Waals surface area contributed by atoms with Crippen molar-refractivity contribution >= 4 is 22.5 Å². The molecule has 2 unspecified atom stereocenters. The van der Waals surface area contributed by atoms with Crippen molar-refractivity contribution in [3.05, 3.63) is 18.5 Å². The van der Waals surface area contributed by atoms with Crippen molar-refractivity contribution in [3.8, 4) is 0 Å². The number of aromatic nitrogens is 1. The Morgan fingerprint density at radius 1 is 1.47 bits per heavy atom. The first-order chi connectivity index (χ1) is 8.24. The first-order valence-corrected chi connectivity index (χ1v) is 6.12. The fourth-order valence-electron chi connectivity index (χ4n) is 2.62. The SMILES string of the molecule is CC1CCC(Nc2c(N)cnc3ccoc23)C1. The highest BCUT2D eigenvalue weighted by Crippen LogP contribution is 2.33. The minimum Gasteiger partial charge on any atom is -0.460 e. The second-order valence-corrected chi connectivity index (χ2v) is 4.98. The molecule has 1 saturated carbocycles. The second-order valence-electron chi connectivity index (χ2n) is 4.98. The zero-order valence-corrected chi connectivity index (χ0v) is 9.94. The van der Waals surface area contributed by atoms with E-state index in [2.05, 4.69) is 17.2 Å². The summed E-state index contributed by atoms with van der Waals surface area (Å²) in [5.41, 5.74) is 9.16. The molecule has 0 saturated heterocycles. The summed E-state index contributed by atoms with van der Waals surface area (Å²) in [6, 6.07) is 2.36. The molecular formula is C13H17N3O. The Balaban J connectivity index is 1.93. The van der Waals surface area contributed by atoms with Gasteiger partial charge in [0.25, 0.3) is 0 Å². The van der Waals surface area contributed by atoms with Gasteiger partial charge in [-0.25, -0.2) is 0 Å². The summed E-state index contributed by atoms with van der Waals surface area (Å²) >= 11 is 0. The molecule has 1 aliphatic rings. The van der Waals surface area contributed by atoms with Crippen LogP contribution in [0.3, 0.4) is 0 Å². The third kappa shape index (κ3) is 1.84. The van der Waals surface area contributed by atoms with E-state index in [-0.39, 0.29) is 0 Å². The third-order valence-corrected chi connectivity index (χ3v) is 3.55. The molecule has 1 aliphatic carbocycles. The molecule has 90 valence electrons. The molecule has 2 atom stereocenters. The van der Waals surface area contributed by atoms with Crippen LogP contribution in [0.1, 0.15) is 26.2 Å². The molecule has 4 heteroatoms. The minimum atomic E-state index is 0.503. The van der Waals surface area contributed by atoms with Gasteiger partial charge in [-0.2, -0.15) is 0 Å². The number of hydrogen-bond acceptors (Lipinski definition) is 4. The van der Waals surface area contributed by atoms with Crippen molar-refractivity contribution in [2.24, 2.45) is 5.92 Å². The van der Waals surface area contributed by atoms with Crippen LogP contribution in [0, 0.1) is 5.92 Å². The van der Waals surface area contributed by atoms with Crippen molar-refractivity contribution in [2.75, 3.05) is 11.1 Å². The largest absolute Gasteiger partial charge is 0.460 e. The summed E-state index contributed by atoms with van der Waals surface area (Å²) in [6.07, 6.45) is 7.02. The highest BCUT2D eigenvalue weighted by molar-refractivity contribution is 5.92. The standard InChI is InChI=1S/C13H17N3O/c1-8-2-3-9(6-8)16-12-10(14)7-15-11-4-5-17-13(11)12/h4-5,7-9H,2-3,6,14H2,1H3,(H,15,16). The number of furan rings is 1. The number of anilines is 2. The fourth-order valence-corrected chi connectivity index (χ4v) is 2.62. The van der Waals surface area contributed by atoms with E-state index >= 15 is 0 Å². The molecule has 0 aromatic carbocycles. The fraction of sp³-hybridized carbons (Fsp3) is 0.462. The van der Waals surface area contributed by atoms with Gasteiger partial charge in [0.1, 0.15) is 11.2 Å². The van der Waals surface area contributed by atoms with E-state index in [1.165, 1.54) is 19.3 Å². The Bertz CT molecular complexity index is 534. The number of rotatable bonds is 2. The molecule has 0 aliphatic heterocycles. The molecule has 0 bridgehead atoms. The molecule has 3 N–H and O–H groups in total. The van der Waals surface area contributed by atoms with Gasteiger partial charge in [0.05, 0.1) is 18.1 Å². The average Bonchev–Trinajstić information content (AvgIpc) is 2.91. The van der Waals surface area contributed by atoms with Crippen molar-refractivity contribution < 1.29 is 4.42 Å². The van der Waals surface area contributed by atoms with E-state index in [0.29, 0.717) is 11.7 Å². The van der Waals surface area contributed by atoms with Crippen molar-refractivity contribution in [3.63, 3.8) is 0 Å². The van der Waals surface area contributed by atoms with E-state index in [1.54, 1.807) is 12.5 Å². The van der Waals surface area contributed by atoms with Crippen molar-refractivity contribution in [2.45, 2.75) is 32.2 Å². The number of pyridine rings is 1. The number of fused-ring (bicyclic) bond motifs is 1. The minimum absolute atomic E-state index is 0.503. The molecule has 1 fully saturated rings. The molecule has 2 heterocycles. The molecule has 0 amide bonds. The molecule has 2 aromatic heterocycles. The summed E-state index contributed by atoms with van der Waals surface area (Å²) in [6.45, 7) is 2.29. The highest BCUT2D eigenvalue weighted by atomic mass is 16.3. The van der Waals surface area contributed by atoms with E-state index in [0.717, 1.165) is 22.7 Å². The Hall–Kier alpha value is -1.71. The predicted octanol–water partition coefficient (Wildman–Crippen LogP) is 3.01. The molecule has 0 spiro atoms. The van der Waals surface area contributed by atoms with Gasteiger partial charge in [-0.1, -0.05) is 6.92 Å². The summed E-state index contributed by atoms with van der Waals surface area (Å²) in [7, 11) is 0. The van der Waals surface area contributed by atoms with E-state index in [1.807, 2.05) is 6.07 Å². The maximum absolute atomic E-state index is 5.97. The normalized spacial score (nSPS) is 24.3. The highest BCUT2D eigenvalue weighted by Gasteiger charge is 2.23. The molecule has 2 aromatic rings. The Morgan fingerprint density at radius 3 is 3.12 bits per heavy atom. The van der Waals surface area contributed by atoms with Crippen LogP contribution in [0.15, 0.2) is 22.9 Å². The number of nitrogens with two attached hydrogens (primary N) is 1. The maximum atomic E-state index is 5.97. The van der Waals surface area contributed by atoms with Gasteiger partial charge in [0.15, 0.2) is 5.58 Å². The predicted molar refractivity (Wildman–Crippen MR) is 68.8 cm³/mol. The monoisotopic (exact) mass is 231 g/mol. The summed E-state index contributed by atoms with van der Waals surface area (Å²) in [5, 5.41) is 3.51. The second kappa shape index (κ2) is 3.95. The van der Waals surface area contributed by atoms with Gasteiger partial charge < -0.3 is 15.5 Å². The average molecular weight is 231 g/mol. The zero-order chi connectivity index (χ0) is 11.8. The van der Waals surface area contributed by atoms with Gasteiger partial charge in [0, 0.05) is 12.1 Å². The smallest absolute Gasteiger partial charge is 0.177 e. The van der Waals surface area contributed by atoms with Crippen LogP contribution < -0.4 is 11.1 Å². The van der Waals surface area contributed by atoms with Crippen LogP contribution in [0.2, 0.25) is 0 Å². The van der Waals surface area contributed by atoms with E-state index in [9.17, 15) is 0 Å². The van der Waals surface area contributed by atoms with Crippen LogP contribution in [0.5, 0.6) is 0 Å². The number of nitrogens with zero attached hydrogens (tertiary/aromatic N) is 1. The lowest BCUT2D eigenvalue weighted by Gasteiger charge is -2.15. The van der Waals surface area contributed by atoms with E-state index in [4.69, 9.17) is 10.2 Å². The Labute approximate surface area is 100 Å². The molecule has 4 nitrogen and oxygen atoms in total.